The van der Waals surface area contributed by atoms with Crippen LogP contribution in [0.25, 0.3) is 0 Å². The minimum absolute atomic E-state index is 0.171. The summed E-state index contributed by atoms with van der Waals surface area (Å²) < 4.78 is 4.69. The lowest BCUT2D eigenvalue weighted by Gasteiger charge is -2.18. The lowest BCUT2D eigenvalue weighted by molar-refractivity contribution is -0.143. The minimum atomic E-state index is -0.708. The Bertz CT molecular complexity index is 576. The average molecular weight is 289 g/mol. The molecule has 1 rings (SSSR count). The van der Waals surface area contributed by atoms with E-state index in [1.807, 2.05) is 19.9 Å². The van der Waals surface area contributed by atoms with Crippen molar-refractivity contribution >= 4 is 11.9 Å². The molecule has 0 aliphatic rings. The topological polar surface area (TPSA) is 92.1 Å². The Labute approximate surface area is 124 Å². The van der Waals surface area contributed by atoms with Gasteiger partial charge >= 0.3 is 5.97 Å². The van der Waals surface area contributed by atoms with Crippen LogP contribution in [0.3, 0.4) is 0 Å². The van der Waals surface area contributed by atoms with Crippen LogP contribution in [0.15, 0.2) is 12.1 Å². The molecule has 0 saturated heterocycles. The minimum Gasteiger partial charge on any atom is -0.467 e. The molecule has 0 aromatic carbocycles. The van der Waals surface area contributed by atoms with Crippen molar-refractivity contribution in [2.24, 2.45) is 5.92 Å². The fourth-order valence-corrected chi connectivity index (χ4v) is 1.87. The highest BCUT2D eigenvalue weighted by atomic mass is 16.5. The van der Waals surface area contributed by atoms with Gasteiger partial charge in [-0.2, -0.15) is 5.26 Å². The molecule has 1 heterocycles. The molecule has 1 aromatic rings. The predicted molar refractivity (Wildman–Crippen MR) is 76.4 cm³/mol. The summed E-state index contributed by atoms with van der Waals surface area (Å²) in [6.45, 7) is 5.56. The van der Waals surface area contributed by atoms with Crippen molar-refractivity contribution in [1.29, 1.82) is 5.26 Å². The number of carbonyl (C=O) groups is 2. The normalized spacial score (nSPS) is 11.6. The highest BCUT2D eigenvalue weighted by molar-refractivity contribution is 5.95. The van der Waals surface area contributed by atoms with E-state index in [4.69, 9.17) is 10.00 Å². The van der Waals surface area contributed by atoms with E-state index < -0.39 is 17.9 Å². The molecule has 1 N–H and O–H groups in total. The summed E-state index contributed by atoms with van der Waals surface area (Å²) in [5, 5.41) is 11.5. The summed E-state index contributed by atoms with van der Waals surface area (Å²) >= 11 is 0. The van der Waals surface area contributed by atoms with Crippen LogP contribution in [-0.2, 0) is 9.53 Å². The highest BCUT2D eigenvalue weighted by Crippen LogP contribution is 2.09. The lowest BCUT2D eigenvalue weighted by atomic mass is 10.0. The lowest BCUT2D eigenvalue weighted by Crippen LogP contribution is -2.42. The smallest absolute Gasteiger partial charge is 0.328 e. The third-order valence-electron chi connectivity index (χ3n) is 2.94. The number of hydrogen-bond acceptors (Lipinski definition) is 5. The van der Waals surface area contributed by atoms with E-state index in [0.29, 0.717) is 17.7 Å². The van der Waals surface area contributed by atoms with Gasteiger partial charge in [0, 0.05) is 0 Å². The van der Waals surface area contributed by atoms with Crippen LogP contribution in [-0.4, -0.2) is 30.0 Å². The van der Waals surface area contributed by atoms with Gasteiger partial charge in [0.2, 0.25) is 0 Å². The van der Waals surface area contributed by atoms with Crippen LogP contribution in [0.4, 0.5) is 0 Å². The summed E-state index contributed by atoms with van der Waals surface area (Å²) in [6.07, 6.45) is 0.480. The van der Waals surface area contributed by atoms with E-state index in [1.54, 1.807) is 6.92 Å². The molecule has 0 aliphatic heterocycles. The number of aromatic nitrogens is 1. The number of nitriles is 1. The summed E-state index contributed by atoms with van der Waals surface area (Å²) in [5.41, 5.74) is 1.06. The van der Waals surface area contributed by atoms with Crippen LogP contribution in [0.5, 0.6) is 0 Å². The van der Waals surface area contributed by atoms with Gasteiger partial charge in [-0.05, 0) is 31.4 Å². The van der Waals surface area contributed by atoms with Crippen LogP contribution in [0, 0.1) is 24.2 Å². The van der Waals surface area contributed by atoms with Gasteiger partial charge in [-0.15, -0.1) is 0 Å². The maximum absolute atomic E-state index is 12.1. The number of amides is 1. The molecule has 0 saturated carbocycles. The number of nitrogens with one attached hydrogen (secondary N) is 1. The molecule has 1 unspecified atom stereocenters. The van der Waals surface area contributed by atoms with Gasteiger partial charge < -0.3 is 10.1 Å². The maximum atomic E-state index is 12.1. The van der Waals surface area contributed by atoms with Gasteiger partial charge in [-0.1, -0.05) is 13.8 Å². The first-order valence-corrected chi connectivity index (χ1v) is 6.65. The SMILES string of the molecule is COC(=O)C(CC(C)C)NC(=O)c1ccc(C#N)c(C)n1. The van der Waals surface area contributed by atoms with Crippen LogP contribution < -0.4 is 5.32 Å². The van der Waals surface area contributed by atoms with E-state index >= 15 is 0 Å². The number of nitrogens with zero attached hydrogens (tertiary/aromatic N) is 2. The zero-order chi connectivity index (χ0) is 16.0. The molecule has 0 radical (unpaired) electrons. The van der Waals surface area contributed by atoms with E-state index in [1.165, 1.54) is 19.2 Å². The number of methoxy groups -OCH3 is 1. The monoisotopic (exact) mass is 289 g/mol. The number of hydrogen-bond donors (Lipinski definition) is 1. The molecular formula is C15H19N3O3. The summed E-state index contributed by atoms with van der Waals surface area (Å²) in [7, 11) is 1.28. The zero-order valence-electron chi connectivity index (χ0n) is 12.6. The van der Waals surface area contributed by atoms with E-state index in [9.17, 15) is 9.59 Å². The molecule has 1 amide bonds. The Hall–Kier alpha value is -2.42. The van der Waals surface area contributed by atoms with Crippen LogP contribution in [0.2, 0.25) is 0 Å². The number of pyridine rings is 1. The Kier molecular flexibility index (Phi) is 5.85. The zero-order valence-corrected chi connectivity index (χ0v) is 12.6. The number of rotatable bonds is 5. The Balaban J connectivity index is 2.89. The van der Waals surface area contributed by atoms with Gasteiger partial charge in [0.15, 0.2) is 0 Å². The third kappa shape index (κ3) is 4.56. The number of esters is 1. The van der Waals surface area contributed by atoms with Gasteiger partial charge in [-0.25, -0.2) is 9.78 Å². The molecule has 1 aromatic heterocycles. The predicted octanol–water partition coefficient (Wildman–Crippen LogP) is 1.58. The van der Waals surface area contributed by atoms with Gasteiger partial charge in [0.05, 0.1) is 18.4 Å². The number of aryl methyl sites for hydroxylation is 1. The molecular weight excluding hydrogens is 270 g/mol. The quantitative estimate of drug-likeness (QED) is 0.831. The number of ether oxygens (including phenoxy) is 1. The second-order valence-corrected chi connectivity index (χ2v) is 5.12. The van der Waals surface area contributed by atoms with Crippen molar-refractivity contribution in [3.8, 4) is 6.07 Å². The largest absolute Gasteiger partial charge is 0.467 e. The molecule has 0 fully saturated rings. The van der Waals surface area contributed by atoms with Crippen molar-refractivity contribution in [2.75, 3.05) is 7.11 Å². The maximum Gasteiger partial charge on any atom is 0.328 e. The Morgan fingerprint density at radius 1 is 1.43 bits per heavy atom. The molecule has 1 atom stereocenters. The fraction of sp³-hybridized carbons (Fsp3) is 0.467. The molecule has 6 heteroatoms. The van der Waals surface area contributed by atoms with Gasteiger partial charge in [0.1, 0.15) is 17.8 Å². The average Bonchev–Trinajstić information content (AvgIpc) is 2.44. The van der Waals surface area contributed by atoms with E-state index in [0.717, 1.165) is 0 Å². The molecule has 0 spiro atoms. The molecule has 6 nitrogen and oxygen atoms in total. The summed E-state index contributed by atoms with van der Waals surface area (Å²) in [4.78, 5) is 27.9. The van der Waals surface area contributed by atoms with Crippen molar-refractivity contribution < 1.29 is 14.3 Å². The number of carbonyl (C=O) groups excluding carboxylic acids is 2. The molecule has 0 aliphatic carbocycles. The second kappa shape index (κ2) is 7.39. The van der Waals surface area contributed by atoms with Crippen molar-refractivity contribution in [2.45, 2.75) is 33.2 Å². The Morgan fingerprint density at radius 3 is 2.57 bits per heavy atom. The van der Waals surface area contributed by atoms with E-state index in [-0.39, 0.29) is 11.6 Å². The second-order valence-electron chi connectivity index (χ2n) is 5.12. The molecule has 21 heavy (non-hydrogen) atoms. The molecule has 112 valence electrons. The first kappa shape index (κ1) is 16.6. The van der Waals surface area contributed by atoms with Crippen LogP contribution in [0.1, 0.15) is 42.0 Å². The summed E-state index contributed by atoms with van der Waals surface area (Å²) in [6, 6.07) is 4.28. The van der Waals surface area contributed by atoms with Crippen LogP contribution >= 0.6 is 0 Å². The standard InChI is InChI=1S/C15H19N3O3/c1-9(2)7-13(15(20)21-4)18-14(19)12-6-5-11(8-16)10(3)17-12/h5-6,9,13H,7H2,1-4H3,(H,18,19). The molecule has 0 bridgehead atoms. The van der Waals surface area contributed by atoms with Gasteiger partial charge in [-0.3, -0.25) is 4.79 Å². The van der Waals surface area contributed by atoms with E-state index in [2.05, 4.69) is 10.3 Å². The van der Waals surface area contributed by atoms with Crippen molar-refractivity contribution in [1.82, 2.24) is 10.3 Å². The Morgan fingerprint density at radius 2 is 2.10 bits per heavy atom. The first-order chi connectivity index (χ1) is 9.88. The van der Waals surface area contributed by atoms with Gasteiger partial charge in [0.25, 0.3) is 5.91 Å². The van der Waals surface area contributed by atoms with Crippen molar-refractivity contribution in [3.05, 3.63) is 29.1 Å². The third-order valence-corrected chi connectivity index (χ3v) is 2.94. The summed E-state index contributed by atoms with van der Waals surface area (Å²) in [5.74, 6) is -0.717. The fourth-order valence-electron chi connectivity index (χ4n) is 1.87. The van der Waals surface area contributed by atoms with Crippen molar-refractivity contribution in [3.63, 3.8) is 0 Å². The first-order valence-electron chi connectivity index (χ1n) is 6.65. The highest BCUT2D eigenvalue weighted by Gasteiger charge is 2.23.